The third-order valence-corrected chi connectivity index (χ3v) is 2.88. The van der Waals surface area contributed by atoms with Gasteiger partial charge in [-0.25, -0.2) is 9.97 Å². The predicted octanol–water partition coefficient (Wildman–Crippen LogP) is 3.37. The monoisotopic (exact) mass is 313 g/mol. The van der Waals surface area contributed by atoms with Gasteiger partial charge in [-0.3, -0.25) is 9.38 Å². The van der Waals surface area contributed by atoms with Gasteiger partial charge in [0.15, 0.2) is 5.82 Å². The third-order valence-electron chi connectivity index (χ3n) is 2.88. The molecular formula is C17H23N5O. The molecule has 0 saturated heterocycles. The molecule has 0 bridgehead atoms. The molecule has 0 aromatic carbocycles. The molecule has 0 aliphatic heterocycles. The van der Waals surface area contributed by atoms with Crippen LogP contribution in [0.5, 0.6) is 0 Å². The Bertz CT molecular complexity index is 737. The van der Waals surface area contributed by atoms with Crippen LogP contribution in [0.15, 0.2) is 36.8 Å². The van der Waals surface area contributed by atoms with Crippen LogP contribution in [0.1, 0.15) is 26.6 Å². The highest BCUT2D eigenvalue weighted by Gasteiger charge is 2.14. The zero-order valence-electron chi connectivity index (χ0n) is 14.2. The van der Waals surface area contributed by atoms with Crippen molar-refractivity contribution < 1.29 is 4.79 Å². The lowest BCUT2D eigenvalue weighted by molar-refractivity contribution is -0.106. The number of carbonyl (C=O) groups excluding carboxylic acids is 1. The molecule has 3 rings (SSSR count). The molecule has 3 aromatic rings. The smallest absolute Gasteiger partial charge is 0.152 e. The van der Waals surface area contributed by atoms with Crippen molar-refractivity contribution >= 4 is 17.6 Å². The molecule has 0 amide bonds. The van der Waals surface area contributed by atoms with E-state index in [1.165, 1.54) is 6.92 Å². The van der Waals surface area contributed by atoms with Crippen LogP contribution >= 0.6 is 0 Å². The summed E-state index contributed by atoms with van der Waals surface area (Å²) in [6.45, 7) is 7.42. The Morgan fingerprint density at radius 3 is 2.43 bits per heavy atom. The van der Waals surface area contributed by atoms with Crippen LogP contribution in [0.3, 0.4) is 0 Å². The zero-order valence-corrected chi connectivity index (χ0v) is 14.2. The van der Waals surface area contributed by atoms with Gasteiger partial charge in [0.2, 0.25) is 0 Å². The fraction of sp³-hybridized carbons (Fsp3) is 0.294. The van der Waals surface area contributed by atoms with E-state index in [9.17, 15) is 0 Å². The van der Waals surface area contributed by atoms with Crippen molar-refractivity contribution in [2.24, 2.45) is 0 Å². The SMILES string of the molecule is CC.CC=O.CNc1nccn2c(C)nc(-c3ccccn3)c12. The average molecular weight is 313 g/mol. The maximum atomic E-state index is 8.81. The highest BCUT2D eigenvalue weighted by molar-refractivity contribution is 5.84. The number of pyridine rings is 1. The van der Waals surface area contributed by atoms with Crippen LogP contribution in [-0.4, -0.2) is 32.7 Å². The summed E-state index contributed by atoms with van der Waals surface area (Å²) in [5.41, 5.74) is 2.66. The molecule has 3 aromatic heterocycles. The predicted molar refractivity (Wildman–Crippen MR) is 93.6 cm³/mol. The second-order valence-electron chi connectivity index (χ2n) is 4.20. The van der Waals surface area contributed by atoms with Gasteiger partial charge >= 0.3 is 0 Å². The summed E-state index contributed by atoms with van der Waals surface area (Å²) < 4.78 is 2.02. The number of nitrogens with zero attached hydrogens (tertiary/aromatic N) is 4. The Balaban J connectivity index is 0.000000477. The summed E-state index contributed by atoms with van der Waals surface area (Å²) in [5.74, 6) is 1.73. The third kappa shape index (κ3) is 4.12. The van der Waals surface area contributed by atoms with Crippen LogP contribution in [-0.2, 0) is 4.79 Å². The Hall–Kier alpha value is -2.76. The molecule has 0 aliphatic rings. The quantitative estimate of drug-likeness (QED) is 0.734. The van der Waals surface area contributed by atoms with Crippen molar-refractivity contribution in [1.82, 2.24) is 19.4 Å². The first-order chi connectivity index (χ1) is 11.2. The topological polar surface area (TPSA) is 72.2 Å². The number of nitrogens with one attached hydrogen (secondary N) is 1. The maximum Gasteiger partial charge on any atom is 0.152 e. The van der Waals surface area contributed by atoms with E-state index >= 15 is 0 Å². The second kappa shape index (κ2) is 9.30. The van der Waals surface area contributed by atoms with Gasteiger partial charge in [0.05, 0.1) is 5.69 Å². The molecule has 0 fully saturated rings. The number of hydrogen-bond acceptors (Lipinski definition) is 5. The Morgan fingerprint density at radius 2 is 1.87 bits per heavy atom. The van der Waals surface area contributed by atoms with E-state index in [-0.39, 0.29) is 0 Å². The second-order valence-corrected chi connectivity index (χ2v) is 4.20. The molecule has 6 heteroatoms. The number of rotatable bonds is 2. The molecule has 0 radical (unpaired) electrons. The number of carbonyl (C=O) groups is 1. The Morgan fingerprint density at radius 1 is 1.17 bits per heavy atom. The lowest BCUT2D eigenvalue weighted by atomic mass is 10.2. The maximum absolute atomic E-state index is 8.81. The van der Waals surface area contributed by atoms with Crippen LogP contribution in [0.25, 0.3) is 16.9 Å². The fourth-order valence-corrected chi connectivity index (χ4v) is 2.05. The van der Waals surface area contributed by atoms with Gasteiger partial charge in [0.1, 0.15) is 23.3 Å². The van der Waals surface area contributed by atoms with E-state index < -0.39 is 0 Å². The van der Waals surface area contributed by atoms with E-state index in [2.05, 4.69) is 20.3 Å². The van der Waals surface area contributed by atoms with Gasteiger partial charge < -0.3 is 10.1 Å². The number of fused-ring (bicyclic) bond motifs is 1. The standard InChI is InChI=1S/C13H13N5.C2H4O.C2H6/c1-9-17-11(10-5-3-4-6-15-10)12-13(14-2)16-7-8-18(9)12;1-2-3;1-2/h3-8H,1-2H3,(H,14,16);2H,1H3;1-2H3. The number of hydrogen-bond donors (Lipinski definition) is 1. The van der Waals surface area contributed by atoms with E-state index in [1.54, 1.807) is 12.4 Å². The van der Waals surface area contributed by atoms with Crippen LogP contribution in [0.2, 0.25) is 0 Å². The number of anilines is 1. The molecule has 0 aliphatic carbocycles. The Kier molecular flexibility index (Phi) is 7.39. The molecule has 23 heavy (non-hydrogen) atoms. The molecule has 6 nitrogen and oxygen atoms in total. The van der Waals surface area contributed by atoms with Gasteiger partial charge in [-0.2, -0.15) is 0 Å². The summed E-state index contributed by atoms with van der Waals surface area (Å²) >= 11 is 0. The van der Waals surface area contributed by atoms with Crippen LogP contribution < -0.4 is 5.32 Å². The molecule has 1 N–H and O–H groups in total. The minimum atomic E-state index is 0.750. The van der Waals surface area contributed by atoms with Gasteiger partial charge in [-0.1, -0.05) is 19.9 Å². The highest BCUT2D eigenvalue weighted by Crippen LogP contribution is 2.27. The van der Waals surface area contributed by atoms with Crippen molar-refractivity contribution in [2.45, 2.75) is 27.7 Å². The van der Waals surface area contributed by atoms with E-state index in [4.69, 9.17) is 4.79 Å². The minimum Gasteiger partial charge on any atom is -0.371 e. The molecule has 0 unspecified atom stereocenters. The first kappa shape index (κ1) is 18.3. The van der Waals surface area contributed by atoms with Crippen molar-refractivity contribution in [3.8, 4) is 11.4 Å². The number of aldehydes is 1. The van der Waals surface area contributed by atoms with Crippen molar-refractivity contribution in [3.05, 3.63) is 42.6 Å². The molecular weight excluding hydrogens is 290 g/mol. The molecule has 3 heterocycles. The first-order valence-electron chi connectivity index (χ1n) is 7.55. The van der Waals surface area contributed by atoms with Crippen molar-refractivity contribution in [2.75, 3.05) is 12.4 Å². The van der Waals surface area contributed by atoms with E-state index in [1.807, 2.05) is 56.6 Å². The molecule has 122 valence electrons. The van der Waals surface area contributed by atoms with Gasteiger partial charge in [-0.05, 0) is 26.0 Å². The van der Waals surface area contributed by atoms with Crippen molar-refractivity contribution in [1.29, 1.82) is 0 Å². The summed E-state index contributed by atoms with van der Waals surface area (Å²) in [5, 5.41) is 3.09. The number of imidazole rings is 1. The lowest BCUT2D eigenvalue weighted by Gasteiger charge is -2.04. The van der Waals surface area contributed by atoms with Gasteiger partial charge in [0, 0.05) is 25.6 Å². The number of aromatic nitrogens is 4. The van der Waals surface area contributed by atoms with E-state index in [0.717, 1.165) is 34.8 Å². The molecule has 0 saturated carbocycles. The lowest BCUT2D eigenvalue weighted by Crippen LogP contribution is -1.97. The summed E-state index contributed by atoms with van der Waals surface area (Å²) in [7, 11) is 1.85. The first-order valence-corrected chi connectivity index (χ1v) is 7.55. The average Bonchev–Trinajstić information content (AvgIpc) is 2.95. The summed E-state index contributed by atoms with van der Waals surface area (Å²) in [6, 6.07) is 5.80. The fourth-order valence-electron chi connectivity index (χ4n) is 2.05. The largest absolute Gasteiger partial charge is 0.371 e. The normalized spacial score (nSPS) is 9.26. The minimum absolute atomic E-state index is 0.750. The highest BCUT2D eigenvalue weighted by atomic mass is 16.1. The van der Waals surface area contributed by atoms with Gasteiger partial charge in [-0.15, -0.1) is 0 Å². The van der Waals surface area contributed by atoms with E-state index in [0.29, 0.717) is 0 Å². The summed E-state index contributed by atoms with van der Waals surface area (Å²) in [4.78, 5) is 22.1. The Labute approximate surface area is 136 Å². The van der Waals surface area contributed by atoms with Gasteiger partial charge in [0.25, 0.3) is 0 Å². The summed E-state index contributed by atoms with van der Waals surface area (Å²) in [6.07, 6.45) is 6.19. The number of aryl methyl sites for hydroxylation is 1. The zero-order chi connectivity index (χ0) is 17.2. The molecule has 0 spiro atoms. The van der Waals surface area contributed by atoms with Crippen LogP contribution in [0.4, 0.5) is 5.82 Å². The van der Waals surface area contributed by atoms with Crippen LogP contribution in [0, 0.1) is 6.92 Å². The molecule has 0 atom stereocenters. The van der Waals surface area contributed by atoms with Crippen molar-refractivity contribution in [3.63, 3.8) is 0 Å².